The number of hydrogen-bond acceptors (Lipinski definition) is 5. The number of rotatable bonds is 2. The maximum Gasteiger partial charge on any atom is 0.270 e. The van der Waals surface area contributed by atoms with Gasteiger partial charge in [0.15, 0.2) is 4.80 Å². The van der Waals surface area contributed by atoms with Crippen LogP contribution >= 0.6 is 11.3 Å². The van der Waals surface area contributed by atoms with Crippen molar-refractivity contribution in [2.75, 3.05) is 7.11 Å². The van der Waals surface area contributed by atoms with Crippen LogP contribution in [0.25, 0.3) is 6.08 Å². The summed E-state index contributed by atoms with van der Waals surface area (Å²) in [6.07, 6.45) is 2.57. The number of thiazole rings is 1. The Labute approximate surface area is 159 Å². The number of para-hydroxylation sites is 1. The minimum absolute atomic E-state index is 0.00155. The number of ether oxygens (including phenoxy) is 2. The van der Waals surface area contributed by atoms with Gasteiger partial charge in [-0.2, -0.15) is 0 Å². The van der Waals surface area contributed by atoms with E-state index in [9.17, 15) is 4.79 Å². The average molecular weight is 378 g/mol. The molecule has 2 unspecified atom stereocenters. The van der Waals surface area contributed by atoms with E-state index in [0.29, 0.717) is 15.8 Å². The molecule has 2 aliphatic heterocycles. The highest BCUT2D eigenvalue weighted by Crippen LogP contribution is 2.42. The van der Waals surface area contributed by atoms with Gasteiger partial charge in [-0.25, -0.2) is 4.99 Å². The summed E-state index contributed by atoms with van der Waals surface area (Å²) in [6.45, 7) is 1.98. The molecule has 5 rings (SSSR count). The molecule has 3 heterocycles. The number of hydrogen-bond donors (Lipinski definition) is 0. The van der Waals surface area contributed by atoms with Crippen LogP contribution in [-0.2, 0) is 0 Å². The van der Waals surface area contributed by atoms with Crippen molar-refractivity contribution in [1.82, 2.24) is 4.57 Å². The first-order valence-electron chi connectivity index (χ1n) is 8.81. The van der Waals surface area contributed by atoms with E-state index in [1.165, 1.54) is 11.3 Å². The summed E-state index contributed by atoms with van der Waals surface area (Å²) in [6, 6.07) is 15.5. The summed E-state index contributed by atoms with van der Waals surface area (Å²) in [5, 5.41) is 0. The Morgan fingerprint density at radius 2 is 2.04 bits per heavy atom. The molecule has 0 saturated heterocycles. The molecule has 2 bridgehead atoms. The molecule has 5 nitrogen and oxygen atoms in total. The van der Waals surface area contributed by atoms with E-state index in [1.807, 2.05) is 66.1 Å². The fraction of sp³-hybridized carbons (Fsp3) is 0.238. The van der Waals surface area contributed by atoms with Crippen LogP contribution in [0.3, 0.4) is 0 Å². The molecule has 0 amide bonds. The van der Waals surface area contributed by atoms with Crippen LogP contribution in [0.15, 0.2) is 58.3 Å². The summed E-state index contributed by atoms with van der Waals surface area (Å²) < 4.78 is 13.8. The number of methoxy groups -OCH3 is 1. The van der Waals surface area contributed by atoms with E-state index in [1.54, 1.807) is 7.11 Å². The molecule has 6 heteroatoms. The van der Waals surface area contributed by atoms with E-state index < -0.39 is 5.72 Å². The summed E-state index contributed by atoms with van der Waals surface area (Å²) in [4.78, 5) is 18.7. The highest BCUT2D eigenvalue weighted by molar-refractivity contribution is 7.07. The Kier molecular flexibility index (Phi) is 3.52. The molecule has 0 spiro atoms. The van der Waals surface area contributed by atoms with Crippen molar-refractivity contribution in [3.8, 4) is 11.5 Å². The van der Waals surface area contributed by atoms with Gasteiger partial charge in [0.2, 0.25) is 5.72 Å². The predicted molar refractivity (Wildman–Crippen MR) is 104 cm³/mol. The van der Waals surface area contributed by atoms with Crippen molar-refractivity contribution >= 4 is 17.4 Å². The second kappa shape index (κ2) is 5.82. The average Bonchev–Trinajstić information content (AvgIpc) is 2.96. The Morgan fingerprint density at radius 1 is 1.26 bits per heavy atom. The van der Waals surface area contributed by atoms with E-state index in [2.05, 4.69) is 0 Å². The van der Waals surface area contributed by atoms with Crippen molar-refractivity contribution < 1.29 is 9.47 Å². The smallest absolute Gasteiger partial charge is 0.270 e. The van der Waals surface area contributed by atoms with Crippen LogP contribution in [0.5, 0.6) is 11.5 Å². The van der Waals surface area contributed by atoms with E-state index >= 15 is 0 Å². The SMILES string of the molecule is COc1ccc(/C=c2\sc3n(c2=O)C2CC(C)(N=3)Oc3ccccc32)cc1. The molecular weight excluding hydrogens is 360 g/mol. The second-order valence-corrected chi connectivity index (χ2v) is 8.00. The molecule has 0 N–H and O–H groups in total. The van der Waals surface area contributed by atoms with Gasteiger partial charge in [0.25, 0.3) is 5.56 Å². The maximum absolute atomic E-state index is 13.2. The Bertz CT molecular complexity index is 1210. The van der Waals surface area contributed by atoms with Gasteiger partial charge in [0.05, 0.1) is 17.7 Å². The molecule has 2 aliphatic rings. The molecule has 0 radical (unpaired) electrons. The molecule has 27 heavy (non-hydrogen) atoms. The lowest BCUT2D eigenvalue weighted by molar-refractivity contribution is 0.0410. The van der Waals surface area contributed by atoms with Gasteiger partial charge in [-0.15, -0.1) is 0 Å². The lowest BCUT2D eigenvalue weighted by Gasteiger charge is -2.39. The first kappa shape index (κ1) is 16.3. The van der Waals surface area contributed by atoms with E-state index in [-0.39, 0.29) is 11.6 Å². The van der Waals surface area contributed by atoms with Crippen LogP contribution in [0.4, 0.5) is 0 Å². The van der Waals surface area contributed by atoms with Gasteiger partial charge >= 0.3 is 0 Å². The molecule has 0 fully saturated rings. The quantitative estimate of drug-likeness (QED) is 0.688. The van der Waals surface area contributed by atoms with Gasteiger partial charge in [-0.3, -0.25) is 9.36 Å². The van der Waals surface area contributed by atoms with Crippen molar-refractivity contribution in [3.63, 3.8) is 0 Å². The van der Waals surface area contributed by atoms with E-state index in [4.69, 9.17) is 14.5 Å². The van der Waals surface area contributed by atoms with Crippen LogP contribution in [0.2, 0.25) is 0 Å². The van der Waals surface area contributed by atoms with Crippen LogP contribution < -0.4 is 24.4 Å². The third-order valence-electron chi connectivity index (χ3n) is 5.07. The molecule has 0 saturated carbocycles. The third kappa shape index (κ3) is 2.59. The van der Waals surface area contributed by atoms with Gasteiger partial charge in [-0.05, 0) is 36.8 Å². The number of benzene rings is 2. The molecule has 136 valence electrons. The minimum atomic E-state index is -0.631. The van der Waals surface area contributed by atoms with Gasteiger partial charge in [0.1, 0.15) is 11.5 Å². The van der Waals surface area contributed by atoms with E-state index in [0.717, 1.165) is 22.6 Å². The van der Waals surface area contributed by atoms with Crippen LogP contribution in [0, 0.1) is 0 Å². The van der Waals surface area contributed by atoms with Gasteiger partial charge < -0.3 is 9.47 Å². The van der Waals surface area contributed by atoms with Crippen molar-refractivity contribution in [2.45, 2.75) is 25.1 Å². The highest BCUT2D eigenvalue weighted by atomic mass is 32.1. The summed E-state index contributed by atoms with van der Waals surface area (Å²) in [7, 11) is 1.64. The largest absolute Gasteiger partial charge is 0.497 e. The third-order valence-corrected chi connectivity index (χ3v) is 6.06. The van der Waals surface area contributed by atoms with Crippen LogP contribution in [-0.4, -0.2) is 17.4 Å². The van der Waals surface area contributed by atoms with Crippen molar-refractivity contribution in [1.29, 1.82) is 0 Å². The van der Waals surface area contributed by atoms with Crippen LogP contribution in [0.1, 0.15) is 30.5 Å². The zero-order valence-corrected chi connectivity index (χ0v) is 15.8. The molecule has 2 aromatic carbocycles. The monoisotopic (exact) mass is 378 g/mol. The molecule has 1 aromatic heterocycles. The maximum atomic E-state index is 13.2. The molecule has 0 aliphatic carbocycles. The summed E-state index contributed by atoms with van der Waals surface area (Å²) in [5.41, 5.74) is 1.37. The highest BCUT2D eigenvalue weighted by Gasteiger charge is 2.42. The fourth-order valence-corrected chi connectivity index (χ4v) is 4.91. The molecule has 3 aromatic rings. The number of aromatic nitrogens is 1. The lowest BCUT2D eigenvalue weighted by Crippen LogP contribution is -2.49. The topological polar surface area (TPSA) is 52.8 Å². The van der Waals surface area contributed by atoms with Crippen molar-refractivity contribution in [3.05, 3.63) is 79.3 Å². The first-order chi connectivity index (χ1) is 13.1. The van der Waals surface area contributed by atoms with Crippen molar-refractivity contribution in [2.24, 2.45) is 4.99 Å². The normalized spacial score (nSPS) is 23.0. The minimum Gasteiger partial charge on any atom is -0.497 e. The lowest BCUT2D eigenvalue weighted by atomic mass is 9.93. The number of nitrogens with zero attached hydrogens (tertiary/aromatic N) is 2. The zero-order chi connectivity index (χ0) is 18.6. The Balaban J connectivity index is 1.70. The summed E-state index contributed by atoms with van der Waals surface area (Å²) in [5.74, 6) is 1.60. The first-order valence-corrected chi connectivity index (χ1v) is 9.63. The number of fused-ring (bicyclic) bond motifs is 6. The Morgan fingerprint density at radius 3 is 2.81 bits per heavy atom. The molecular formula is C21H18N2O3S. The Hall–Kier alpha value is -2.86. The summed E-state index contributed by atoms with van der Waals surface area (Å²) >= 11 is 1.41. The fourth-order valence-electron chi connectivity index (χ4n) is 3.79. The zero-order valence-electron chi connectivity index (χ0n) is 15.0. The molecule has 2 atom stereocenters. The van der Waals surface area contributed by atoms with Gasteiger partial charge in [-0.1, -0.05) is 41.7 Å². The second-order valence-electron chi connectivity index (χ2n) is 6.99. The standard InChI is InChI=1S/C21H18N2O3S/c1-21-12-16(15-5-3-4-6-17(15)26-21)23-19(24)18(27-20(23)22-21)11-13-7-9-14(25-2)10-8-13/h3-11,16H,12H2,1-2H3/b18-11-. The van der Waals surface area contributed by atoms with Gasteiger partial charge in [0, 0.05) is 12.0 Å². The predicted octanol–water partition coefficient (Wildman–Crippen LogP) is 2.47.